The van der Waals surface area contributed by atoms with Crippen LogP contribution in [0.4, 0.5) is 15.3 Å². The van der Waals surface area contributed by atoms with Gasteiger partial charge in [-0.3, -0.25) is 14.5 Å². The van der Waals surface area contributed by atoms with Crippen LogP contribution in [-0.2, 0) is 41.9 Å². The highest BCUT2D eigenvalue weighted by Gasteiger charge is 2.38. The van der Waals surface area contributed by atoms with Crippen molar-refractivity contribution in [1.82, 2.24) is 14.9 Å². The van der Waals surface area contributed by atoms with Crippen molar-refractivity contribution in [2.75, 3.05) is 25.6 Å². The number of carbonyl (C=O) groups is 4. The lowest BCUT2D eigenvalue weighted by Crippen LogP contribution is -2.58. The van der Waals surface area contributed by atoms with Gasteiger partial charge in [0, 0.05) is 12.1 Å². The maximum Gasteiger partial charge on any atom is 0.408 e. The van der Waals surface area contributed by atoms with Gasteiger partial charge < -0.3 is 25.2 Å². The summed E-state index contributed by atoms with van der Waals surface area (Å²) in [7, 11) is -3.00. The van der Waals surface area contributed by atoms with Crippen molar-refractivity contribution < 1.29 is 42.2 Å². The van der Waals surface area contributed by atoms with E-state index in [2.05, 4.69) is 10.6 Å². The van der Waals surface area contributed by atoms with Crippen LogP contribution in [0.1, 0.15) is 17.5 Å². The minimum Gasteiger partial charge on any atom is -0.465 e. The molecule has 4 N–H and O–H groups in total. The lowest BCUT2D eigenvalue weighted by Gasteiger charge is -2.37. The first-order chi connectivity index (χ1) is 24.5. The number of para-hydroxylation sites is 1. The summed E-state index contributed by atoms with van der Waals surface area (Å²) in [5, 5.41) is 15.4. The summed E-state index contributed by atoms with van der Waals surface area (Å²) in [4.78, 5) is 51.5. The van der Waals surface area contributed by atoms with Crippen molar-refractivity contribution in [1.29, 1.82) is 0 Å². The first-order valence-electron chi connectivity index (χ1n) is 16.1. The van der Waals surface area contributed by atoms with Crippen LogP contribution in [0.25, 0.3) is 11.1 Å². The molecule has 4 aromatic rings. The number of hydrogen-bond acceptors (Lipinski definition) is 8. The molecule has 4 amide bonds. The number of nitrogens with one attached hydrogen (secondary N) is 3. The summed E-state index contributed by atoms with van der Waals surface area (Å²) < 4.78 is 37.9. The average molecular weight is 715 g/mol. The molecule has 13 nitrogen and oxygen atoms in total. The number of ether oxygens (including phenoxy) is 2. The van der Waals surface area contributed by atoms with Crippen molar-refractivity contribution in [3.8, 4) is 11.1 Å². The fourth-order valence-electron chi connectivity index (χ4n) is 5.69. The standard InChI is InChI=1S/C37H38N4O9S/c1-49-36(44)39-32(22-25-16-18-27(19-17-25)26-10-4-2-5-11-26)34(42)38-31-15-9-8-12-28(31)20-21-29-23-41(37(45)46)33(24-50-29)35(43)40-51(47,48)30-13-6-3-7-14-30/h2-19,29,32-33H,20-24H2,1H3,(H,38,42)(H,39,44)(H,40,43)(H,45,46)/t29-,32+,33+/m1/s1. The molecule has 0 spiro atoms. The van der Waals surface area contributed by atoms with Gasteiger partial charge in [0.15, 0.2) is 0 Å². The van der Waals surface area contributed by atoms with Crippen molar-refractivity contribution in [2.24, 2.45) is 0 Å². The molecule has 1 heterocycles. The molecule has 1 aliphatic rings. The van der Waals surface area contributed by atoms with Crippen LogP contribution in [0, 0.1) is 0 Å². The Bertz CT molecular complexity index is 1940. The summed E-state index contributed by atoms with van der Waals surface area (Å²) in [6, 6.07) is 29.6. The average Bonchev–Trinajstić information content (AvgIpc) is 3.14. The van der Waals surface area contributed by atoms with E-state index < -0.39 is 52.2 Å². The van der Waals surface area contributed by atoms with Crippen LogP contribution in [0.2, 0.25) is 0 Å². The highest BCUT2D eigenvalue weighted by molar-refractivity contribution is 7.90. The third-order valence-electron chi connectivity index (χ3n) is 8.41. The fraction of sp³-hybridized carbons (Fsp3) is 0.243. The van der Waals surface area contributed by atoms with Gasteiger partial charge in [-0.15, -0.1) is 0 Å². The van der Waals surface area contributed by atoms with Gasteiger partial charge >= 0.3 is 12.2 Å². The molecule has 14 heteroatoms. The highest BCUT2D eigenvalue weighted by Crippen LogP contribution is 2.23. The molecule has 0 aliphatic carbocycles. The van der Waals surface area contributed by atoms with Crippen molar-refractivity contribution in [2.45, 2.75) is 42.3 Å². The zero-order valence-electron chi connectivity index (χ0n) is 27.7. The van der Waals surface area contributed by atoms with E-state index in [1.807, 2.05) is 65.4 Å². The second-order valence-electron chi connectivity index (χ2n) is 11.8. The Labute approximate surface area is 295 Å². The van der Waals surface area contributed by atoms with Crippen molar-refractivity contribution in [3.63, 3.8) is 0 Å². The van der Waals surface area contributed by atoms with E-state index in [9.17, 15) is 32.7 Å². The Kier molecular flexibility index (Phi) is 12.0. The molecular formula is C37H38N4O9S. The van der Waals surface area contributed by atoms with Crippen LogP contribution >= 0.6 is 0 Å². The number of benzene rings is 4. The molecule has 0 radical (unpaired) electrons. The van der Waals surface area contributed by atoms with Gasteiger partial charge in [-0.2, -0.15) is 0 Å². The highest BCUT2D eigenvalue weighted by atomic mass is 32.2. The second-order valence-corrected chi connectivity index (χ2v) is 13.5. The van der Waals surface area contributed by atoms with Gasteiger partial charge in [-0.1, -0.05) is 91.0 Å². The maximum absolute atomic E-state index is 13.6. The quantitative estimate of drug-likeness (QED) is 0.165. The monoisotopic (exact) mass is 714 g/mol. The van der Waals surface area contributed by atoms with Crippen LogP contribution in [-0.4, -0.2) is 80.9 Å². The lowest BCUT2D eigenvalue weighted by atomic mass is 10.00. The molecule has 4 aromatic carbocycles. The van der Waals surface area contributed by atoms with Gasteiger partial charge in [-0.25, -0.2) is 22.7 Å². The topological polar surface area (TPSA) is 180 Å². The molecule has 1 fully saturated rings. The zero-order chi connectivity index (χ0) is 36.4. The summed E-state index contributed by atoms with van der Waals surface area (Å²) >= 11 is 0. The third kappa shape index (κ3) is 9.71. The van der Waals surface area contributed by atoms with E-state index in [1.54, 1.807) is 24.3 Å². The Balaban J connectivity index is 1.21. The van der Waals surface area contributed by atoms with E-state index in [-0.39, 0.29) is 24.5 Å². The molecule has 5 rings (SSSR count). The second kappa shape index (κ2) is 16.8. The van der Waals surface area contributed by atoms with Crippen molar-refractivity contribution in [3.05, 3.63) is 120 Å². The SMILES string of the molecule is COC(=O)N[C@@H](Cc1ccc(-c2ccccc2)cc1)C(=O)Nc1ccccc1CC[C@@H]1CN(C(=O)O)[C@H](C(=O)NS(=O)(=O)c2ccccc2)CO1. The molecule has 0 aromatic heterocycles. The molecule has 266 valence electrons. The number of carbonyl (C=O) groups excluding carboxylic acids is 3. The predicted octanol–water partition coefficient (Wildman–Crippen LogP) is 4.44. The normalized spacial score (nSPS) is 16.4. The summed E-state index contributed by atoms with van der Waals surface area (Å²) in [6.07, 6.45) is -1.89. The molecule has 1 saturated heterocycles. The number of alkyl carbamates (subject to hydrolysis) is 1. The lowest BCUT2D eigenvalue weighted by molar-refractivity contribution is -0.133. The predicted molar refractivity (Wildman–Crippen MR) is 188 cm³/mol. The number of aryl methyl sites for hydroxylation is 1. The molecule has 0 unspecified atom stereocenters. The minimum atomic E-state index is -4.22. The Hall–Kier alpha value is -5.73. The van der Waals surface area contributed by atoms with E-state index in [4.69, 9.17) is 9.47 Å². The molecule has 0 bridgehead atoms. The smallest absolute Gasteiger partial charge is 0.408 e. The zero-order valence-corrected chi connectivity index (χ0v) is 28.5. The van der Waals surface area contributed by atoms with E-state index in [0.29, 0.717) is 18.5 Å². The van der Waals surface area contributed by atoms with Crippen LogP contribution in [0.5, 0.6) is 0 Å². The Morgan fingerprint density at radius 3 is 2.18 bits per heavy atom. The number of amides is 4. The first kappa shape index (κ1) is 36.5. The number of morpholine rings is 1. The Morgan fingerprint density at radius 1 is 0.882 bits per heavy atom. The largest absolute Gasteiger partial charge is 0.465 e. The van der Waals surface area contributed by atoms with Crippen molar-refractivity contribution >= 4 is 39.7 Å². The summed E-state index contributed by atoms with van der Waals surface area (Å²) in [5.74, 6) is -1.49. The van der Waals surface area contributed by atoms with Crippen LogP contribution in [0.15, 0.2) is 114 Å². The van der Waals surface area contributed by atoms with E-state index in [1.165, 1.54) is 31.4 Å². The van der Waals surface area contributed by atoms with Crippen LogP contribution < -0.4 is 15.4 Å². The number of nitrogens with zero attached hydrogens (tertiary/aromatic N) is 1. The molecule has 1 aliphatic heterocycles. The van der Waals surface area contributed by atoms with Gasteiger partial charge in [0.2, 0.25) is 5.91 Å². The number of anilines is 1. The number of methoxy groups -OCH3 is 1. The summed E-state index contributed by atoms with van der Waals surface area (Å²) in [6.45, 7) is -0.528. The minimum absolute atomic E-state index is 0.134. The fourth-order valence-corrected chi connectivity index (χ4v) is 6.72. The van der Waals surface area contributed by atoms with Gasteiger partial charge in [-0.05, 0) is 53.3 Å². The van der Waals surface area contributed by atoms with E-state index in [0.717, 1.165) is 27.2 Å². The number of carboxylic acid groups (broad SMARTS) is 1. The molecule has 0 saturated carbocycles. The third-order valence-corrected chi connectivity index (χ3v) is 9.77. The van der Waals surface area contributed by atoms with Gasteiger partial charge in [0.1, 0.15) is 12.1 Å². The first-order valence-corrected chi connectivity index (χ1v) is 17.6. The Morgan fingerprint density at radius 2 is 1.51 bits per heavy atom. The van der Waals surface area contributed by atoms with E-state index >= 15 is 0 Å². The van der Waals surface area contributed by atoms with Crippen LogP contribution in [0.3, 0.4) is 0 Å². The maximum atomic E-state index is 13.6. The van der Waals surface area contributed by atoms with Gasteiger partial charge in [0.05, 0.1) is 31.3 Å². The number of rotatable bonds is 12. The molecule has 3 atom stereocenters. The van der Waals surface area contributed by atoms with Gasteiger partial charge in [0.25, 0.3) is 15.9 Å². The molecule has 51 heavy (non-hydrogen) atoms. The summed E-state index contributed by atoms with van der Waals surface area (Å²) in [5.41, 5.74) is 4.11. The number of sulfonamides is 1. The number of hydrogen-bond donors (Lipinski definition) is 4. The molecular weight excluding hydrogens is 676 g/mol.